The van der Waals surface area contributed by atoms with E-state index in [1.54, 1.807) is 0 Å². The first-order valence-corrected chi connectivity index (χ1v) is 14.4. The van der Waals surface area contributed by atoms with E-state index in [1.807, 2.05) is 60.7 Å². The molecule has 0 spiro atoms. The molecular formula is C28H23N5O7S2. The molecule has 42 heavy (non-hydrogen) atoms. The molecule has 3 aromatic rings. The van der Waals surface area contributed by atoms with Crippen molar-refractivity contribution in [3.8, 4) is 0 Å². The Morgan fingerprint density at radius 2 is 1.76 bits per heavy atom. The van der Waals surface area contributed by atoms with Gasteiger partial charge in [-0.25, -0.2) is 9.78 Å². The summed E-state index contributed by atoms with van der Waals surface area (Å²) in [4.78, 5) is 72.9. The highest BCUT2D eigenvalue weighted by Crippen LogP contribution is 2.41. The number of thiazole rings is 1. The topological polar surface area (TPSA) is 156 Å². The maximum atomic E-state index is 13.6. The third kappa shape index (κ3) is 5.66. The minimum absolute atomic E-state index is 0.110. The molecule has 5 rings (SSSR count). The fourth-order valence-corrected chi connectivity index (χ4v) is 6.42. The number of fused-ring (bicyclic) bond motifs is 1. The Morgan fingerprint density at radius 3 is 2.36 bits per heavy atom. The highest BCUT2D eigenvalue weighted by molar-refractivity contribution is 8.00. The van der Waals surface area contributed by atoms with Crippen LogP contribution in [-0.2, 0) is 33.5 Å². The molecule has 3 amide bonds. The normalized spacial score (nSPS) is 18.1. The third-order valence-corrected chi connectivity index (χ3v) is 8.45. The summed E-state index contributed by atoms with van der Waals surface area (Å²) in [6.07, 6.45) is 0.198. The minimum Gasteiger partial charge on any atom is -0.448 e. The summed E-state index contributed by atoms with van der Waals surface area (Å²) in [5, 5.41) is 9.81. The van der Waals surface area contributed by atoms with Gasteiger partial charge < -0.3 is 20.2 Å². The highest BCUT2D eigenvalue weighted by Gasteiger charge is 2.55. The van der Waals surface area contributed by atoms with Crippen molar-refractivity contribution in [3.63, 3.8) is 0 Å². The maximum Gasteiger partial charge on any atom is 0.356 e. The number of esters is 1. The Morgan fingerprint density at radius 1 is 1.10 bits per heavy atom. The lowest BCUT2D eigenvalue weighted by Gasteiger charge is -2.49. The standard InChI is InChI=1S/C28H23N5O7S2/c1-39-32-20(19-14-42-28(30-19)29-15-35)24(36)31-21-25(37)33-22(18(12-34)13-41-26(21)33)27(38)40-23(16-8-4-2-5-9-16)17-10-6-3-7-11-17/h2-12,14-15,21,23,26H,13H2,1H3,(H,31,36)(H,29,30,35)/t21?,26-/m1/s1. The molecule has 1 fully saturated rings. The maximum absolute atomic E-state index is 13.6. The van der Waals surface area contributed by atoms with Crippen LogP contribution in [-0.4, -0.2) is 70.4 Å². The number of hydrogen-bond donors (Lipinski definition) is 2. The first-order valence-electron chi connectivity index (χ1n) is 12.5. The van der Waals surface area contributed by atoms with Gasteiger partial charge in [-0.3, -0.25) is 24.1 Å². The second kappa shape index (κ2) is 12.8. The molecule has 0 aliphatic carbocycles. The van der Waals surface area contributed by atoms with Crippen molar-refractivity contribution in [2.75, 3.05) is 18.2 Å². The summed E-state index contributed by atoms with van der Waals surface area (Å²) in [5.74, 6) is -2.05. The summed E-state index contributed by atoms with van der Waals surface area (Å²) in [7, 11) is 1.25. The number of aldehydes is 1. The summed E-state index contributed by atoms with van der Waals surface area (Å²) >= 11 is 2.29. The Bertz CT molecular complexity index is 1540. The van der Waals surface area contributed by atoms with Crippen LogP contribution in [0, 0.1) is 0 Å². The number of nitrogens with one attached hydrogen (secondary N) is 2. The molecule has 0 bridgehead atoms. The number of oxime groups is 1. The summed E-state index contributed by atoms with van der Waals surface area (Å²) < 4.78 is 5.94. The van der Waals surface area contributed by atoms with Gasteiger partial charge in [-0.15, -0.1) is 23.1 Å². The lowest BCUT2D eigenvalue weighted by molar-refractivity contribution is -0.154. The van der Waals surface area contributed by atoms with E-state index in [1.165, 1.54) is 29.2 Å². The van der Waals surface area contributed by atoms with Crippen LogP contribution in [0.25, 0.3) is 0 Å². The zero-order chi connectivity index (χ0) is 29.6. The first-order chi connectivity index (χ1) is 20.5. The third-order valence-electron chi connectivity index (χ3n) is 6.38. The zero-order valence-electron chi connectivity index (χ0n) is 22.0. The van der Waals surface area contributed by atoms with Crippen LogP contribution < -0.4 is 10.6 Å². The number of benzene rings is 2. The predicted octanol–water partition coefficient (Wildman–Crippen LogP) is 2.25. The molecule has 2 aromatic carbocycles. The molecule has 1 aromatic heterocycles. The van der Waals surface area contributed by atoms with Crippen molar-refractivity contribution >= 4 is 64.4 Å². The van der Waals surface area contributed by atoms with E-state index < -0.39 is 35.3 Å². The van der Waals surface area contributed by atoms with Gasteiger partial charge in [0.2, 0.25) is 6.41 Å². The molecule has 1 saturated heterocycles. The second-order valence-electron chi connectivity index (χ2n) is 8.88. The monoisotopic (exact) mass is 605 g/mol. The van der Waals surface area contributed by atoms with E-state index in [4.69, 9.17) is 9.57 Å². The number of nitrogens with zero attached hydrogens (tertiary/aromatic N) is 3. The molecule has 0 radical (unpaired) electrons. The summed E-state index contributed by atoms with van der Waals surface area (Å²) in [5.41, 5.74) is 1.30. The van der Waals surface area contributed by atoms with Gasteiger partial charge >= 0.3 is 5.97 Å². The van der Waals surface area contributed by atoms with Crippen LogP contribution >= 0.6 is 23.1 Å². The van der Waals surface area contributed by atoms with Gasteiger partial charge in [0, 0.05) is 16.7 Å². The largest absolute Gasteiger partial charge is 0.448 e. The van der Waals surface area contributed by atoms with Gasteiger partial charge in [-0.2, -0.15) is 0 Å². The molecule has 14 heteroatoms. The molecule has 2 N–H and O–H groups in total. The molecule has 2 aliphatic rings. The van der Waals surface area contributed by atoms with Gasteiger partial charge in [-0.1, -0.05) is 65.8 Å². The van der Waals surface area contributed by atoms with Crippen molar-refractivity contribution in [3.05, 3.63) is 94.1 Å². The summed E-state index contributed by atoms with van der Waals surface area (Å²) in [6, 6.07) is 17.2. The number of carbonyl (C=O) groups is 5. The zero-order valence-corrected chi connectivity index (χ0v) is 23.6. The van der Waals surface area contributed by atoms with E-state index in [-0.39, 0.29) is 33.6 Å². The highest BCUT2D eigenvalue weighted by atomic mass is 32.2. The number of ether oxygens (including phenoxy) is 1. The lowest BCUT2D eigenvalue weighted by atomic mass is 10.0. The number of carbonyl (C=O) groups excluding carboxylic acids is 5. The fourth-order valence-electron chi connectivity index (χ4n) is 4.47. The quantitative estimate of drug-likeness (QED) is 0.110. The smallest absolute Gasteiger partial charge is 0.356 e. The Labute approximate surface area is 247 Å². The number of rotatable bonds is 11. The number of anilines is 1. The van der Waals surface area contributed by atoms with E-state index in [2.05, 4.69) is 20.8 Å². The van der Waals surface area contributed by atoms with Gasteiger partial charge in [-0.05, 0) is 11.1 Å². The van der Waals surface area contributed by atoms with Gasteiger partial charge in [0.25, 0.3) is 11.8 Å². The van der Waals surface area contributed by atoms with Crippen molar-refractivity contribution in [2.45, 2.75) is 17.5 Å². The fraction of sp³-hybridized carbons (Fsp3) is 0.179. The minimum atomic E-state index is -1.02. The van der Waals surface area contributed by atoms with Crippen molar-refractivity contribution in [1.29, 1.82) is 0 Å². The lowest BCUT2D eigenvalue weighted by Crippen LogP contribution is -2.71. The van der Waals surface area contributed by atoms with Gasteiger partial charge in [0.1, 0.15) is 36.2 Å². The van der Waals surface area contributed by atoms with Crippen LogP contribution in [0.2, 0.25) is 0 Å². The predicted molar refractivity (Wildman–Crippen MR) is 154 cm³/mol. The van der Waals surface area contributed by atoms with Crippen LogP contribution in [0.4, 0.5) is 5.13 Å². The number of hydrogen-bond acceptors (Lipinski definition) is 11. The van der Waals surface area contributed by atoms with Crippen molar-refractivity contribution in [2.24, 2.45) is 5.16 Å². The van der Waals surface area contributed by atoms with Crippen molar-refractivity contribution in [1.82, 2.24) is 15.2 Å². The number of thioether (sulfide) groups is 1. The second-order valence-corrected chi connectivity index (χ2v) is 10.8. The number of amides is 3. The molecule has 2 atom stereocenters. The van der Waals surface area contributed by atoms with Gasteiger partial charge in [0.15, 0.2) is 16.9 Å². The molecule has 0 saturated carbocycles. The number of aromatic nitrogens is 1. The van der Waals surface area contributed by atoms with E-state index in [0.717, 1.165) is 11.3 Å². The van der Waals surface area contributed by atoms with Crippen LogP contribution in [0.3, 0.4) is 0 Å². The SMILES string of the molecule is CON=C(C(=O)NC1C(=O)N2C(C(=O)OC(c3ccccc3)c3ccccc3)=C(C=O)CS[C@H]12)c1csc(NC=O)n1. The molecule has 214 valence electrons. The Kier molecular flexibility index (Phi) is 8.74. The van der Waals surface area contributed by atoms with Crippen molar-refractivity contribution < 1.29 is 33.5 Å². The summed E-state index contributed by atoms with van der Waals surface area (Å²) in [6.45, 7) is 0. The average molecular weight is 606 g/mol. The molecule has 1 unspecified atom stereocenters. The molecule has 2 aliphatic heterocycles. The first kappa shape index (κ1) is 28.7. The number of β-lactam (4-membered cyclic amide) rings is 1. The van der Waals surface area contributed by atoms with Crippen LogP contribution in [0.1, 0.15) is 22.9 Å². The van der Waals surface area contributed by atoms with E-state index >= 15 is 0 Å². The Hall–Kier alpha value is -4.82. The van der Waals surface area contributed by atoms with Gasteiger partial charge in [0.05, 0.1) is 0 Å². The van der Waals surface area contributed by atoms with Crippen LogP contribution in [0.5, 0.6) is 0 Å². The molecule has 12 nitrogen and oxygen atoms in total. The van der Waals surface area contributed by atoms with E-state index in [9.17, 15) is 24.0 Å². The Balaban J connectivity index is 1.36. The average Bonchev–Trinajstić information content (AvgIpc) is 3.49. The van der Waals surface area contributed by atoms with Crippen LogP contribution in [0.15, 0.2) is 82.5 Å². The molecular weight excluding hydrogens is 582 g/mol. The van der Waals surface area contributed by atoms with E-state index in [0.29, 0.717) is 23.8 Å². The molecule has 3 heterocycles.